The molecule has 0 unspecified atom stereocenters. The van der Waals surface area contributed by atoms with E-state index in [0.29, 0.717) is 23.0 Å². The molecule has 0 saturated carbocycles. The van der Waals surface area contributed by atoms with Gasteiger partial charge in [0.2, 0.25) is 0 Å². The second-order valence-electron chi connectivity index (χ2n) is 5.75. The average molecular weight is 372 g/mol. The van der Waals surface area contributed by atoms with E-state index in [9.17, 15) is 4.79 Å². The van der Waals surface area contributed by atoms with Gasteiger partial charge in [0.25, 0.3) is 5.91 Å². The molecule has 3 N–H and O–H groups in total. The van der Waals surface area contributed by atoms with Crippen LogP contribution in [0.1, 0.15) is 17.4 Å². The van der Waals surface area contributed by atoms with Crippen molar-refractivity contribution in [1.29, 1.82) is 0 Å². The van der Waals surface area contributed by atoms with Gasteiger partial charge in [0.15, 0.2) is 11.8 Å². The summed E-state index contributed by atoms with van der Waals surface area (Å²) in [5.74, 6) is 1.24. The second kappa shape index (κ2) is 8.56. The summed E-state index contributed by atoms with van der Waals surface area (Å²) in [4.78, 5) is 12.9. The smallest absolute Gasteiger partial charge is 0.287 e. The lowest BCUT2D eigenvalue weighted by atomic mass is 10.1. The highest BCUT2D eigenvalue weighted by Crippen LogP contribution is 2.27. The van der Waals surface area contributed by atoms with Crippen molar-refractivity contribution in [2.45, 2.75) is 12.6 Å². The molecule has 26 heavy (non-hydrogen) atoms. The highest BCUT2D eigenvalue weighted by Gasteiger charge is 2.24. The molecule has 0 radical (unpaired) electrons. The number of furan rings is 1. The van der Waals surface area contributed by atoms with Crippen LogP contribution in [0.25, 0.3) is 0 Å². The van der Waals surface area contributed by atoms with E-state index in [1.807, 2.05) is 47.8 Å². The van der Waals surface area contributed by atoms with Crippen molar-refractivity contribution >= 4 is 23.2 Å². The number of rotatable bonds is 7. The third kappa shape index (κ3) is 4.45. The number of nitrogens with one attached hydrogen (secondary N) is 1. The maximum Gasteiger partial charge on any atom is 0.287 e. The number of methoxy groups -OCH3 is 1. The molecule has 2 aromatic carbocycles. The van der Waals surface area contributed by atoms with Crippen LogP contribution in [0, 0.1) is 0 Å². The van der Waals surface area contributed by atoms with Crippen LogP contribution in [-0.4, -0.2) is 13.0 Å². The summed E-state index contributed by atoms with van der Waals surface area (Å²) >= 11 is 6.14. The van der Waals surface area contributed by atoms with Gasteiger partial charge < -0.3 is 19.8 Å². The standard InChI is InChI=1S/C20H19ClN2O3/c1-25-18-10-9-15(12-17(18)21)23-20(24)19(14-6-3-2-4-7-14)22-13-16-8-5-11-26-16/h2-12,19,22H,13H2,1H3,(H,23,24)/p+1/t19-/m0/s1. The van der Waals surface area contributed by atoms with Crippen molar-refractivity contribution in [2.24, 2.45) is 0 Å². The first-order valence-corrected chi connectivity index (χ1v) is 8.60. The molecule has 3 aromatic rings. The van der Waals surface area contributed by atoms with Gasteiger partial charge in [0.05, 0.1) is 18.4 Å². The first-order valence-electron chi connectivity index (χ1n) is 8.22. The quantitative estimate of drug-likeness (QED) is 0.669. The number of carbonyl (C=O) groups excluding carboxylic acids is 1. The van der Waals surface area contributed by atoms with Crippen LogP contribution in [0.3, 0.4) is 0 Å². The molecule has 1 atom stereocenters. The van der Waals surface area contributed by atoms with E-state index in [1.54, 1.807) is 31.6 Å². The number of nitrogens with two attached hydrogens (primary N) is 1. The molecule has 0 aliphatic heterocycles. The number of quaternary nitrogens is 1. The molecule has 1 heterocycles. The number of benzene rings is 2. The van der Waals surface area contributed by atoms with Gasteiger partial charge in [-0.25, -0.2) is 0 Å². The van der Waals surface area contributed by atoms with Crippen molar-refractivity contribution in [1.82, 2.24) is 0 Å². The van der Waals surface area contributed by atoms with Gasteiger partial charge in [-0.1, -0.05) is 41.9 Å². The molecule has 3 rings (SSSR count). The van der Waals surface area contributed by atoms with E-state index >= 15 is 0 Å². The van der Waals surface area contributed by atoms with Crippen molar-refractivity contribution in [3.05, 3.63) is 83.3 Å². The Bertz CT molecular complexity index is 851. The minimum Gasteiger partial charge on any atom is -0.495 e. The molecule has 0 spiro atoms. The number of halogens is 1. The first kappa shape index (κ1) is 18.0. The Morgan fingerprint density at radius 3 is 2.65 bits per heavy atom. The topological polar surface area (TPSA) is 68.1 Å². The van der Waals surface area contributed by atoms with Gasteiger partial charge in [0.1, 0.15) is 12.3 Å². The van der Waals surface area contributed by atoms with Crippen molar-refractivity contribution < 1.29 is 19.3 Å². The molecule has 0 aliphatic rings. The maximum atomic E-state index is 12.9. The fourth-order valence-electron chi connectivity index (χ4n) is 2.68. The Balaban J connectivity index is 1.76. The number of hydrogen-bond donors (Lipinski definition) is 2. The molecular weight excluding hydrogens is 352 g/mol. The zero-order chi connectivity index (χ0) is 18.4. The molecule has 0 bridgehead atoms. The Kier molecular flexibility index (Phi) is 5.94. The van der Waals surface area contributed by atoms with Crippen LogP contribution in [-0.2, 0) is 11.3 Å². The Hall–Kier alpha value is -2.76. The van der Waals surface area contributed by atoms with E-state index in [4.69, 9.17) is 20.8 Å². The van der Waals surface area contributed by atoms with Crippen LogP contribution in [0.2, 0.25) is 5.02 Å². The SMILES string of the molecule is COc1ccc(NC(=O)[C@@H]([NH2+]Cc2ccco2)c2ccccc2)cc1Cl. The molecule has 0 fully saturated rings. The number of anilines is 1. The van der Waals surface area contributed by atoms with Crippen molar-refractivity contribution in [3.63, 3.8) is 0 Å². The minimum absolute atomic E-state index is 0.135. The molecule has 0 aliphatic carbocycles. The van der Waals surface area contributed by atoms with E-state index in [0.717, 1.165) is 11.3 Å². The molecule has 6 heteroatoms. The minimum atomic E-state index is -0.415. The monoisotopic (exact) mass is 371 g/mol. The summed E-state index contributed by atoms with van der Waals surface area (Å²) in [6.07, 6.45) is 1.63. The number of hydrogen-bond acceptors (Lipinski definition) is 3. The Morgan fingerprint density at radius 2 is 2.00 bits per heavy atom. The molecule has 5 nitrogen and oxygen atoms in total. The predicted octanol–water partition coefficient (Wildman–Crippen LogP) is 3.39. The lowest BCUT2D eigenvalue weighted by molar-refractivity contribution is -0.699. The summed E-state index contributed by atoms with van der Waals surface area (Å²) < 4.78 is 10.5. The van der Waals surface area contributed by atoms with Gasteiger partial charge in [0, 0.05) is 11.3 Å². The van der Waals surface area contributed by atoms with Gasteiger partial charge in [-0.05, 0) is 30.3 Å². The first-order chi connectivity index (χ1) is 12.7. The number of amides is 1. The van der Waals surface area contributed by atoms with E-state index in [2.05, 4.69) is 5.32 Å². The Labute approximate surface area is 156 Å². The van der Waals surface area contributed by atoms with Crippen molar-refractivity contribution in [3.8, 4) is 5.75 Å². The van der Waals surface area contributed by atoms with Crippen LogP contribution >= 0.6 is 11.6 Å². The van der Waals surface area contributed by atoms with Gasteiger partial charge >= 0.3 is 0 Å². The van der Waals surface area contributed by atoms with Gasteiger partial charge in [-0.2, -0.15) is 0 Å². The van der Waals surface area contributed by atoms with Crippen molar-refractivity contribution in [2.75, 3.05) is 12.4 Å². The zero-order valence-corrected chi connectivity index (χ0v) is 15.1. The summed E-state index contributed by atoms with van der Waals surface area (Å²) in [5.41, 5.74) is 1.53. The summed E-state index contributed by atoms with van der Waals surface area (Å²) in [5, 5.41) is 5.31. The molecule has 134 valence electrons. The Morgan fingerprint density at radius 1 is 1.19 bits per heavy atom. The third-order valence-corrected chi connectivity index (χ3v) is 4.29. The lowest BCUT2D eigenvalue weighted by Gasteiger charge is -2.16. The molecule has 0 saturated heterocycles. The van der Waals surface area contributed by atoms with Gasteiger partial charge in [-0.15, -0.1) is 0 Å². The summed E-state index contributed by atoms with van der Waals surface area (Å²) in [6.45, 7) is 0.559. The zero-order valence-electron chi connectivity index (χ0n) is 14.3. The number of ether oxygens (including phenoxy) is 1. The highest BCUT2D eigenvalue weighted by molar-refractivity contribution is 6.32. The predicted molar refractivity (Wildman–Crippen MR) is 100 cm³/mol. The molecule has 1 aromatic heterocycles. The molecule has 1 amide bonds. The van der Waals surface area contributed by atoms with E-state index in [-0.39, 0.29) is 5.91 Å². The van der Waals surface area contributed by atoms with Crippen LogP contribution < -0.4 is 15.4 Å². The number of carbonyl (C=O) groups is 1. The van der Waals surface area contributed by atoms with E-state index < -0.39 is 6.04 Å². The summed E-state index contributed by atoms with van der Waals surface area (Å²) in [7, 11) is 1.55. The average Bonchev–Trinajstić information content (AvgIpc) is 3.16. The molecular formula is C20H20ClN2O3+. The maximum absolute atomic E-state index is 12.9. The van der Waals surface area contributed by atoms with Crippen LogP contribution in [0.5, 0.6) is 5.75 Å². The third-order valence-electron chi connectivity index (χ3n) is 4.00. The summed E-state index contributed by atoms with van der Waals surface area (Å²) in [6, 6.07) is 18.1. The normalized spacial score (nSPS) is 11.8. The largest absolute Gasteiger partial charge is 0.495 e. The lowest BCUT2D eigenvalue weighted by Crippen LogP contribution is -2.85. The van der Waals surface area contributed by atoms with Crippen LogP contribution in [0.15, 0.2) is 71.3 Å². The van der Waals surface area contributed by atoms with E-state index in [1.165, 1.54) is 0 Å². The van der Waals surface area contributed by atoms with Crippen LogP contribution in [0.4, 0.5) is 5.69 Å². The fraction of sp³-hybridized carbons (Fsp3) is 0.150. The second-order valence-corrected chi connectivity index (χ2v) is 6.15. The highest BCUT2D eigenvalue weighted by atomic mass is 35.5. The fourth-order valence-corrected chi connectivity index (χ4v) is 2.94. The van der Waals surface area contributed by atoms with Gasteiger partial charge in [-0.3, -0.25) is 4.79 Å².